The molecule has 34 heavy (non-hydrogen) atoms. The zero-order valence-corrected chi connectivity index (χ0v) is 20.7. The van der Waals surface area contributed by atoms with Gasteiger partial charge >= 0.3 is 0 Å². The van der Waals surface area contributed by atoms with E-state index in [9.17, 15) is 18.0 Å². The normalized spacial score (nSPS) is 12.6. The molecule has 7 nitrogen and oxygen atoms in total. The first-order valence-electron chi connectivity index (χ1n) is 11.1. The first-order chi connectivity index (χ1) is 16.1. The SMILES string of the molecule is CC(C)C(NC(=O)Cc1ccc2ccccc2c1)C(=O)NCc1ccccc1S(=O)(=O)N(C)C. The number of amides is 2. The zero-order chi connectivity index (χ0) is 24.9. The van der Waals surface area contributed by atoms with Crippen molar-refractivity contribution < 1.29 is 18.0 Å². The van der Waals surface area contributed by atoms with Crippen LogP contribution >= 0.6 is 0 Å². The lowest BCUT2D eigenvalue weighted by Gasteiger charge is -2.22. The van der Waals surface area contributed by atoms with E-state index in [0.717, 1.165) is 20.6 Å². The fourth-order valence-electron chi connectivity index (χ4n) is 3.68. The van der Waals surface area contributed by atoms with Crippen LogP contribution in [0.5, 0.6) is 0 Å². The van der Waals surface area contributed by atoms with Gasteiger partial charge in [-0.05, 0) is 33.9 Å². The van der Waals surface area contributed by atoms with Crippen molar-refractivity contribution in [1.82, 2.24) is 14.9 Å². The number of carbonyl (C=O) groups excluding carboxylic acids is 2. The van der Waals surface area contributed by atoms with Gasteiger partial charge in [-0.2, -0.15) is 0 Å². The lowest BCUT2D eigenvalue weighted by molar-refractivity contribution is -0.129. The molecule has 3 rings (SSSR count). The monoisotopic (exact) mass is 481 g/mol. The summed E-state index contributed by atoms with van der Waals surface area (Å²) >= 11 is 0. The third-order valence-electron chi connectivity index (χ3n) is 5.63. The highest BCUT2D eigenvalue weighted by Gasteiger charge is 2.25. The number of hydrogen-bond acceptors (Lipinski definition) is 4. The summed E-state index contributed by atoms with van der Waals surface area (Å²) < 4.78 is 26.3. The predicted molar refractivity (Wildman–Crippen MR) is 134 cm³/mol. The summed E-state index contributed by atoms with van der Waals surface area (Å²) in [6, 6.07) is 19.6. The van der Waals surface area contributed by atoms with E-state index in [0.29, 0.717) is 5.56 Å². The highest BCUT2D eigenvalue weighted by Crippen LogP contribution is 2.19. The molecule has 0 saturated carbocycles. The Balaban J connectivity index is 1.67. The first kappa shape index (κ1) is 25.4. The molecule has 0 fully saturated rings. The van der Waals surface area contributed by atoms with Crippen LogP contribution in [-0.4, -0.2) is 44.7 Å². The van der Waals surface area contributed by atoms with Crippen molar-refractivity contribution in [2.75, 3.05) is 14.1 Å². The highest BCUT2D eigenvalue weighted by atomic mass is 32.2. The minimum absolute atomic E-state index is 0.0336. The number of sulfonamides is 1. The number of nitrogens with one attached hydrogen (secondary N) is 2. The Morgan fingerprint density at radius 1 is 0.912 bits per heavy atom. The molecule has 0 bridgehead atoms. The molecular weight excluding hydrogens is 450 g/mol. The van der Waals surface area contributed by atoms with Crippen molar-refractivity contribution in [3.8, 4) is 0 Å². The third kappa shape index (κ3) is 6.01. The number of nitrogens with zero attached hydrogens (tertiary/aromatic N) is 1. The molecule has 1 atom stereocenters. The van der Waals surface area contributed by atoms with Crippen molar-refractivity contribution in [2.24, 2.45) is 5.92 Å². The average molecular weight is 482 g/mol. The lowest BCUT2D eigenvalue weighted by atomic mass is 10.0. The van der Waals surface area contributed by atoms with Crippen LogP contribution in [0.1, 0.15) is 25.0 Å². The van der Waals surface area contributed by atoms with E-state index in [2.05, 4.69) is 10.6 Å². The van der Waals surface area contributed by atoms with E-state index in [-0.39, 0.29) is 35.6 Å². The van der Waals surface area contributed by atoms with Crippen LogP contribution in [-0.2, 0) is 32.6 Å². The molecule has 0 aliphatic heterocycles. The molecule has 180 valence electrons. The molecule has 0 saturated heterocycles. The number of carbonyl (C=O) groups is 2. The molecule has 3 aromatic carbocycles. The Bertz CT molecular complexity index is 1290. The van der Waals surface area contributed by atoms with E-state index < -0.39 is 16.1 Å². The molecule has 3 aromatic rings. The summed E-state index contributed by atoms with van der Waals surface area (Å²) in [4.78, 5) is 25.8. The second-order valence-electron chi connectivity index (χ2n) is 8.76. The second kappa shape index (κ2) is 10.8. The average Bonchev–Trinajstić information content (AvgIpc) is 2.80. The van der Waals surface area contributed by atoms with Gasteiger partial charge in [-0.3, -0.25) is 9.59 Å². The highest BCUT2D eigenvalue weighted by molar-refractivity contribution is 7.89. The van der Waals surface area contributed by atoms with Crippen LogP contribution in [0.2, 0.25) is 0 Å². The maximum Gasteiger partial charge on any atom is 0.243 e. The predicted octanol–water partition coefficient (Wildman–Crippen LogP) is 3.09. The van der Waals surface area contributed by atoms with E-state index >= 15 is 0 Å². The summed E-state index contributed by atoms with van der Waals surface area (Å²) in [5, 5.41) is 7.78. The molecule has 0 aromatic heterocycles. The van der Waals surface area contributed by atoms with Gasteiger partial charge in [-0.25, -0.2) is 12.7 Å². The van der Waals surface area contributed by atoms with Gasteiger partial charge in [0.05, 0.1) is 11.3 Å². The molecule has 2 amide bonds. The molecule has 2 N–H and O–H groups in total. The summed E-state index contributed by atoms with van der Waals surface area (Å²) in [7, 11) is -0.723. The van der Waals surface area contributed by atoms with Crippen molar-refractivity contribution in [1.29, 1.82) is 0 Å². The van der Waals surface area contributed by atoms with Gasteiger partial charge in [-0.1, -0.05) is 74.5 Å². The van der Waals surface area contributed by atoms with Crippen molar-refractivity contribution in [3.63, 3.8) is 0 Å². The van der Waals surface area contributed by atoms with Gasteiger partial charge < -0.3 is 10.6 Å². The van der Waals surface area contributed by atoms with Crippen LogP contribution in [0.15, 0.2) is 71.6 Å². The molecule has 0 heterocycles. The van der Waals surface area contributed by atoms with Crippen LogP contribution in [0.4, 0.5) is 0 Å². The smallest absolute Gasteiger partial charge is 0.243 e. The quantitative estimate of drug-likeness (QED) is 0.491. The molecule has 8 heteroatoms. The largest absolute Gasteiger partial charge is 0.350 e. The van der Waals surface area contributed by atoms with Crippen LogP contribution in [0.25, 0.3) is 10.8 Å². The number of benzene rings is 3. The van der Waals surface area contributed by atoms with Gasteiger partial charge in [0.15, 0.2) is 0 Å². The van der Waals surface area contributed by atoms with Crippen molar-refractivity contribution >= 4 is 32.6 Å². The molecule has 0 aliphatic rings. The molecule has 0 spiro atoms. The molecule has 1 unspecified atom stereocenters. The fraction of sp³-hybridized carbons (Fsp3) is 0.308. The number of rotatable bonds is 9. The Kier molecular flexibility index (Phi) is 8.06. The first-order valence-corrected chi connectivity index (χ1v) is 12.6. The van der Waals surface area contributed by atoms with Crippen LogP contribution in [0.3, 0.4) is 0 Å². The maximum absolute atomic E-state index is 12.9. The van der Waals surface area contributed by atoms with Crippen LogP contribution in [0, 0.1) is 5.92 Å². The summed E-state index contributed by atoms with van der Waals surface area (Å²) in [5.74, 6) is -0.764. The number of hydrogen-bond donors (Lipinski definition) is 2. The van der Waals surface area contributed by atoms with Gasteiger partial charge in [0.25, 0.3) is 0 Å². The molecule has 0 radical (unpaired) electrons. The molecular formula is C26H31N3O4S. The Morgan fingerprint density at radius 2 is 1.56 bits per heavy atom. The van der Waals surface area contributed by atoms with E-state index in [4.69, 9.17) is 0 Å². The minimum atomic E-state index is -3.65. The Hall–Kier alpha value is -3.23. The molecule has 0 aliphatic carbocycles. The Morgan fingerprint density at radius 3 is 2.24 bits per heavy atom. The zero-order valence-electron chi connectivity index (χ0n) is 19.9. The standard InChI is InChI=1S/C26H31N3O4S/c1-18(2)25(28-24(30)16-19-13-14-20-9-5-6-10-21(20)15-19)26(31)27-17-22-11-7-8-12-23(22)34(32,33)29(3)4/h5-15,18,25H,16-17H2,1-4H3,(H,27,31)(H,28,30). The summed E-state index contributed by atoms with van der Waals surface area (Å²) in [6.07, 6.45) is 0.158. The number of fused-ring (bicyclic) bond motifs is 1. The Labute approximate surface area is 201 Å². The maximum atomic E-state index is 12.9. The minimum Gasteiger partial charge on any atom is -0.350 e. The second-order valence-corrected chi connectivity index (χ2v) is 10.9. The van der Waals surface area contributed by atoms with E-state index in [1.165, 1.54) is 20.2 Å². The van der Waals surface area contributed by atoms with Crippen molar-refractivity contribution in [3.05, 3.63) is 77.9 Å². The van der Waals surface area contributed by atoms with Crippen LogP contribution < -0.4 is 10.6 Å². The van der Waals surface area contributed by atoms with Gasteiger partial charge in [-0.15, -0.1) is 0 Å². The van der Waals surface area contributed by atoms with Gasteiger partial charge in [0.2, 0.25) is 21.8 Å². The van der Waals surface area contributed by atoms with Gasteiger partial charge in [0.1, 0.15) is 6.04 Å². The van der Waals surface area contributed by atoms with E-state index in [1.54, 1.807) is 18.2 Å². The van der Waals surface area contributed by atoms with Crippen molar-refractivity contribution in [2.45, 2.75) is 37.8 Å². The third-order valence-corrected chi connectivity index (χ3v) is 7.54. The summed E-state index contributed by atoms with van der Waals surface area (Å²) in [5.41, 5.74) is 1.34. The topological polar surface area (TPSA) is 95.6 Å². The fourth-order valence-corrected chi connectivity index (χ4v) is 4.80. The van der Waals surface area contributed by atoms with Gasteiger partial charge in [0, 0.05) is 20.6 Å². The summed E-state index contributed by atoms with van der Waals surface area (Å²) in [6.45, 7) is 3.74. The van der Waals surface area contributed by atoms with E-state index in [1.807, 2.05) is 56.3 Å². The lowest BCUT2D eigenvalue weighted by Crippen LogP contribution is -2.50.